The smallest absolute Gasteiger partial charge is 0.300 e. The van der Waals surface area contributed by atoms with Gasteiger partial charge in [-0.1, -0.05) is 0 Å². The Balaban J connectivity index is -0.0000000542. The van der Waals surface area contributed by atoms with Crippen LogP contribution in [0.1, 0.15) is 20.8 Å². The molecule has 0 rings (SSSR count). The molecule has 0 saturated heterocycles. The summed E-state index contributed by atoms with van der Waals surface area (Å²) in [6.07, 6.45) is 0. The minimum absolute atomic E-state index is 0.833. The van der Waals surface area contributed by atoms with E-state index in [1.807, 2.05) is 0 Å². The number of hydrogen-bond acceptors (Lipinski definition) is 6. The topological polar surface area (TPSA) is 164 Å². The summed E-state index contributed by atoms with van der Waals surface area (Å²) in [5.41, 5.74) is 0. The normalized spacial score (nSPS) is 5.80. The van der Waals surface area contributed by atoms with Crippen LogP contribution in [0.15, 0.2) is 5.34 Å². The Labute approximate surface area is 84.9 Å². The average molecular weight is 226 g/mol. The lowest BCUT2D eigenvalue weighted by atomic mass is 10.9. The third kappa shape index (κ3) is 237. The van der Waals surface area contributed by atoms with Crippen molar-refractivity contribution in [2.45, 2.75) is 20.8 Å². The van der Waals surface area contributed by atoms with Crippen LogP contribution in [0.5, 0.6) is 0 Å². The van der Waals surface area contributed by atoms with Crippen molar-refractivity contribution < 1.29 is 29.7 Å². The quantitative estimate of drug-likeness (QED) is 0.397. The fourth-order valence-electron chi connectivity index (χ4n) is 0. The molecule has 0 aliphatic carbocycles. The number of carboxylic acid groups (broad SMARTS) is 3. The van der Waals surface area contributed by atoms with Crippen LogP contribution in [0.2, 0.25) is 0 Å². The molecule has 0 aromatic heterocycles. The fraction of sp³-hybridized carbons (Fsp3) is 0.500. The molecule has 9 heteroatoms. The molecule has 0 aromatic carbocycles. The molecule has 0 aliphatic heterocycles. The molecule has 9 nitrogen and oxygen atoms in total. The Kier molecular flexibility index (Phi) is 34.7. The van der Waals surface area contributed by atoms with E-state index in [-0.39, 0.29) is 0 Å². The standard InChI is InChI=1S/3C2H4O2.HNO2/c3*1-2(3)4;2-1-3/h3*1H3,(H,3,4);(H,2,3)/p-1. The highest BCUT2D eigenvalue weighted by molar-refractivity contribution is 5.63. The third-order valence-corrected chi connectivity index (χ3v) is 0. The van der Waals surface area contributed by atoms with E-state index in [9.17, 15) is 0 Å². The van der Waals surface area contributed by atoms with Crippen molar-refractivity contribution in [3.63, 3.8) is 0 Å². The maximum atomic E-state index is 9.00. The first-order chi connectivity index (χ1) is 6.61. The molecule has 0 amide bonds. The Bertz CT molecular complexity index is 149. The zero-order chi connectivity index (χ0) is 13.4. The molecule has 0 saturated carbocycles. The molecular formula is C6H12NO8-. The number of rotatable bonds is 0. The highest BCUT2D eigenvalue weighted by atomic mass is 16.6. The van der Waals surface area contributed by atoms with Crippen molar-refractivity contribution in [2.24, 2.45) is 5.34 Å². The van der Waals surface area contributed by atoms with Crippen LogP contribution in [0.3, 0.4) is 0 Å². The molecule has 0 atom stereocenters. The molecule has 90 valence electrons. The average Bonchev–Trinajstić information content (AvgIpc) is 1.81. The molecule has 0 spiro atoms. The van der Waals surface area contributed by atoms with Gasteiger partial charge in [0.25, 0.3) is 17.9 Å². The summed E-state index contributed by atoms with van der Waals surface area (Å²) in [5.74, 6) is -2.50. The van der Waals surface area contributed by atoms with Crippen LogP contribution in [-0.4, -0.2) is 33.2 Å². The van der Waals surface area contributed by atoms with E-state index in [1.54, 1.807) is 0 Å². The molecule has 0 aliphatic rings. The summed E-state index contributed by atoms with van der Waals surface area (Å²) in [6.45, 7) is 3.25. The SMILES string of the molecule is CC(=O)O.CC(=O)O.CC(=O)O.O=N[O-]. The summed E-state index contributed by atoms with van der Waals surface area (Å²) in [5, 5.41) is 31.2. The van der Waals surface area contributed by atoms with Gasteiger partial charge in [-0.2, -0.15) is 0 Å². The number of carbonyl (C=O) groups is 3. The van der Waals surface area contributed by atoms with Crippen molar-refractivity contribution in [1.82, 2.24) is 0 Å². The van der Waals surface area contributed by atoms with Crippen molar-refractivity contribution in [2.75, 3.05) is 0 Å². The Hall–Kier alpha value is -2.19. The van der Waals surface area contributed by atoms with Crippen molar-refractivity contribution in [3.8, 4) is 0 Å². The lowest BCUT2D eigenvalue weighted by Crippen LogP contribution is -1.78. The van der Waals surface area contributed by atoms with Gasteiger partial charge in [-0.15, -0.1) is 5.34 Å². The minimum atomic E-state index is -0.833. The number of nitrogens with zero attached hydrogens (tertiary/aromatic N) is 1. The van der Waals surface area contributed by atoms with Gasteiger partial charge in [0.2, 0.25) is 0 Å². The predicted octanol–water partition coefficient (Wildman–Crippen LogP) is 0.523. The van der Waals surface area contributed by atoms with Gasteiger partial charge in [0.05, 0.1) is 0 Å². The van der Waals surface area contributed by atoms with E-state index < -0.39 is 17.9 Å². The molecule has 3 N–H and O–H groups in total. The molecule has 0 bridgehead atoms. The molecular weight excluding hydrogens is 214 g/mol. The summed E-state index contributed by atoms with van der Waals surface area (Å²) < 4.78 is 0. The molecule has 0 aromatic rings. The van der Waals surface area contributed by atoms with Crippen LogP contribution in [0.25, 0.3) is 0 Å². The molecule has 0 fully saturated rings. The van der Waals surface area contributed by atoms with Gasteiger partial charge < -0.3 is 25.4 Å². The van der Waals surface area contributed by atoms with Gasteiger partial charge in [-0.05, 0) is 0 Å². The first kappa shape index (κ1) is 23.0. The first-order valence-corrected chi connectivity index (χ1v) is 3.15. The fourth-order valence-corrected chi connectivity index (χ4v) is 0. The molecule has 0 radical (unpaired) electrons. The van der Waals surface area contributed by atoms with Gasteiger partial charge >= 0.3 is 0 Å². The second-order valence-electron chi connectivity index (χ2n) is 1.63. The summed E-state index contributed by atoms with van der Waals surface area (Å²) in [7, 11) is 0. The van der Waals surface area contributed by atoms with Crippen LogP contribution in [-0.2, 0) is 14.4 Å². The van der Waals surface area contributed by atoms with Gasteiger partial charge in [0.1, 0.15) is 0 Å². The zero-order valence-electron chi connectivity index (χ0n) is 8.33. The van der Waals surface area contributed by atoms with E-state index in [1.165, 1.54) is 0 Å². The summed E-state index contributed by atoms with van der Waals surface area (Å²) >= 11 is 0. The van der Waals surface area contributed by atoms with Gasteiger partial charge in [-0.3, -0.25) is 14.4 Å². The number of aliphatic carboxylic acids is 3. The summed E-state index contributed by atoms with van der Waals surface area (Å²) in [6, 6.07) is 0. The summed E-state index contributed by atoms with van der Waals surface area (Å²) in [4.78, 5) is 35.0. The molecule has 15 heavy (non-hydrogen) atoms. The van der Waals surface area contributed by atoms with Crippen LogP contribution < -0.4 is 0 Å². The van der Waals surface area contributed by atoms with Crippen LogP contribution in [0, 0.1) is 10.1 Å². The van der Waals surface area contributed by atoms with Crippen molar-refractivity contribution in [1.29, 1.82) is 0 Å². The van der Waals surface area contributed by atoms with Crippen molar-refractivity contribution >= 4 is 17.9 Å². The predicted molar refractivity (Wildman–Crippen MR) is 49.1 cm³/mol. The van der Waals surface area contributed by atoms with E-state index in [4.69, 9.17) is 39.8 Å². The second-order valence-corrected chi connectivity index (χ2v) is 1.63. The first-order valence-electron chi connectivity index (χ1n) is 3.15. The maximum Gasteiger partial charge on any atom is 0.300 e. The zero-order valence-corrected chi connectivity index (χ0v) is 8.33. The highest BCUT2D eigenvalue weighted by Crippen LogP contribution is 1.42. The van der Waals surface area contributed by atoms with E-state index >= 15 is 0 Å². The van der Waals surface area contributed by atoms with E-state index in [2.05, 4.69) is 0 Å². The van der Waals surface area contributed by atoms with Crippen LogP contribution in [0.4, 0.5) is 0 Å². The molecule has 0 heterocycles. The molecule has 0 unspecified atom stereocenters. The monoisotopic (exact) mass is 226 g/mol. The third-order valence-electron chi connectivity index (χ3n) is 0. The Morgan fingerprint density at radius 2 is 0.867 bits per heavy atom. The van der Waals surface area contributed by atoms with Gasteiger partial charge in [0.15, 0.2) is 0 Å². The van der Waals surface area contributed by atoms with Gasteiger partial charge in [-0.25, -0.2) is 0 Å². The van der Waals surface area contributed by atoms with Gasteiger partial charge in [0, 0.05) is 20.8 Å². The Morgan fingerprint density at radius 1 is 0.867 bits per heavy atom. The minimum Gasteiger partial charge on any atom is -0.481 e. The van der Waals surface area contributed by atoms with E-state index in [0.717, 1.165) is 26.1 Å². The second kappa shape index (κ2) is 22.6. The number of hydrogen-bond donors (Lipinski definition) is 3. The van der Waals surface area contributed by atoms with Crippen molar-refractivity contribution in [3.05, 3.63) is 10.1 Å². The maximum absolute atomic E-state index is 9.00. The Morgan fingerprint density at radius 3 is 0.867 bits per heavy atom. The number of carboxylic acids is 3. The van der Waals surface area contributed by atoms with Crippen LogP contribution >= 0.6 is 0 Å². The lowest BCUT2D eigenvalue weighted by Gasteiger charge is -1.59. The lowest BCUT2D eigenvalue weighted by molar-refractivity contribution is -0.135. The largest absolute Gasteiger partial charge is 0.481 e. The highest BCUT2D eigenvalue weighted by Gasteiger charge is 1.66. The van der Waals surface area contributed by atoms with E-state index in [0.29, 0.717) is 0 Å².